The van der Waals surface area contributed by atoms with Gasteiger partial charge in [-0.25, -0.2) is 4.39 Å². The summed E-state index contributed by atoms with van der Waals surface area (Å²) in [7, 11) is 0. The van der Waals surface area contributed by atoms with Gasteiger partial charge in [-0.1, -0.05) is 12.1 Å². The van der Waals surface area contributed by atoms with Crippen molar-refractivity contribution >= 4 is 24.2 Å². The number of nitrogens with one attached hydrogen (secondary N) is 1. The molecule has 0 spiro atoms. The minimum atomic E-state index is -0.203. The highest BCUT2D eigenvalue weighted by molar-refractivity contribution is 5.86. The summed E-state index contributed by atoms with van der Waals surface area (Å²) in [5, 5.41) is 3.49. The van der Waals surface area contributed by atoms with Crippen molar-refractivity contribution in [1.29, 1.82) is 0 Å². The molecule has 7 heteroatoms. The van der Waals surface area contributed by atoms with Crippen LogP contribution in [0.25, 0.3) is 0 Å². The van der Waals surface area contributed by atoms with Crippen molar-refractivity contribution in [3.05, 3.63) is 35.6 Å². The Morgan fingerprint density at radius 3 is 2.46 bits per heavy atom. The van der Waals surface area contributed by atoms with Gasteiger partial charge in [-0.2, -0.15) is 0 Å². The standard InChI is InChI=1S/C21H28FN3O2.ClH/c22-17-3-1-15(2-4-17)11-16-7-9-24(10-8-16)21(27)14-25-13-19-6-5-18(23-19)12-20(25)26;/h1-4,16,18-19,23H,5-14H2;1H/t18-,19+;/m1./s1. The first-order valence-electron chi connectivity index (χ1n) is 10.1. The molecule has 0 radical (unpaired) electrons. The third-order valence-corrected chi connectivity index (χ3v) is 6.28. The number of amides is 2. The van der Waals surface area contributed by atoms with E-state index in [4.69, 9.17) is 0 Å². The molecule has 3 aliphatic heterocycles. The number of hydrogen-bond acceptors (Lipinski definition) is 3. The lowest BCUT2D eigenvalue weighted by Crippen LogP contribution is -2.47. The van der Waals surface area contributed by atoms with Crippen LogP contribution in [-0.2, 0) is 16.0 Å². The van der Waals surface area contributed by atoms with E-state index in [1.54, 1.807) is 4.90 Å². The summed E-state index contributed by atoms with van der Waals surface area (Å²) in [5.74, 6) is 0.500. The van der Waals surface area contributed by atoms with Gasteiger partial charge in [0.25, 0.3) is 0 Å². The Morgan fingerprint density at radius 2 is 1.75 bits per heavy atom. The number of likely N-dealkylation sites (tertiary alicyclic amines) is 2. The summed E-state index contributed by atoms with van der Waals surface area (Å²) in [4.78, 5) is 28.8. The summed E-state index contributed by atoms with van der Waals surface area (Å²) < 4.78 is 13.0. The van der Waals surface area contributed by atoms with Crippen LogP contribution in [0.2, 0.25) is 0 Å². The average molecular weight is 410 g/mol. The van der Waals surface area contributed by atoms with Gasteiger partial charge in [0.15, 0.2) is 0 Å². The van der Waals surface area contributed by atoms with Gasteiger partial charge in [0, 0.05) is 38.1 Å². The van der Waals surface area contributed by atoms with Gasteiger partial charge in [-0.15, -0.1) is 12.4 Å². The molecule has 0 saturated carbocycles. The molecule has 2 amide bonds. The number of rotatable bonds is 4. The van der Waals surface area contributed by atoms with Crippen molar-refractivity contribution in [2.75, 3.05) is 26.2 Å². The Morgan fingerprint density at radius 1 is 1.07 bits per heavy atom. The molecule has 0 aliphatic carbocycles. The van der Waals surface area contributed by atoms with E-state index in [1.807, 2.05) is 17.0 Å². The highest BCUT2D eigenvalue weighted by Gasteiger charge is 2.35. The van der Waals surface area contributed by atoms with Crippen LogP contribution < -0.4 is 5.32 Å². The average Bonchev–Trinajstić information content (AvgIpc) is 3.03. The van der Waals surface area contributed by atoms with Crippen LogP contribution in [0.4, 0.5) is 4.39 Å². The zero-order valence-corrected chi connectivity index (χ0v) is 16.9. The molecule has 154 valence electrons. The predicted molar refractivity (Wildman–Crippen MR) is 108 cm³/mol. The lowest BCUT2D eigenvalue weighted by atomic mass is 9.90. The summed E-state index contributed by atoms with van der Waals surface area (Å²) in [5.41, 5.74) is 1.15. The van der Waals surface area contributed by atoms with E-state index in [0.717, 1.165) is 50.8 Å². The molecule has 4 rings (SSSR count). The number of hydrogen-bond donors (Lipinski definition) is 1. The second kappa shape index (κ2) is 9.23. The summed E-state index contributed by atoms with van der Waals surface area (Å²) in [6.07, 6.45) is 5.54. The zero-order valence-electron chi connectivity index (χ0n) is 16.1. The molecular weight excluding hydrogens is 381 g/mol. The fraction of sp³-hybridized carbons (Fsp3) is 0.619. The second-order valence-corrected chi connectivity index (χ2v) is 8.27. The van der Waals surface area contributed by atoms with Gasteiger partial charge in [0.2, 0.25) is 11.8 Å². The lowest BCUT2D eigenvalue weighted by Gasteiger charge is -2.34. The lowest BCUT2D eigenvalue weighted by molar-refractivity contribution is -0.141. The summed E-state index contributed by atoms with van der Waals surface area (Å²) >= 11 is 0. The first kappa shape index (κ1) is 21.1. The second-order valence-electron chi connectivity index (χ2n) is 8.27. The van der Waals surface area contributed by atoms with E-state index in [1.165, 1.54) is 12.1 Å². The maximum atomic E-state index is 13.0. The number of benzene rings is 1. The van der Waals surface area contributed by atoms with Crippen molar-refractivity contribution in [1.82, 2.24) is 15.1 Å². The topological polar surface area (TPSA) is 52.7 Å². The minimum absolute atomic E-state index is 0. The van der Waals surface area contributed by atoms with Gasteiger partial charge in [-0.3, -0.25) is 9.59 Å². The molecule has 3 aliphatic rings. The van der Waals surface area contributed by atoms with Crippen LogP contribution >= 0.6 is 12.4 Å². The largest absolute Gasteiger partial charge is 0.341 e. The monoisotopic (exact) mass is 409 g/mol. The van der Waals surface area contributed by atoms with Crippen LogP contribution in [0.3, 0.4) is 0 Å². The van der Waals surface area contributed by atoms with Crippen LogP contribution in [0.15, 0.2) is 24.3 Å². The summed E-state index contributed by atoms with van der Waals surface area (Å²) in [6, 6.07) is 7.35. The Hall–Kier alpha value is -1.66. The highest BCUT2D eigenvalue weighted by Crippen LogP contribution is 2.24. The van der Waals surface area contributed by atoms with E-state index < -0.39 is 0 Å². The number of carbonyl (C=O) groups is 2. The molecule has 28 heavy (non-hydrogen) atoms. The van der Waals surface area contributed by atoms with Gasteiger partial charge in [-0.05, 0) is 55.7 Å². The highest BCUT2D eigenvalue weighted by atomic mass is 35.5. The minimum Gasteiger partial charge on any atom is -0.341 e. The van der Waals surface area contributed by atoms with E-state index in [9.17, 15) is 14.0 Å². The first-order valence-corrected chi connectivity index (χ1v) is 10.1. The van der Waals surface area contributed by atoms with Crippen LogP contribution in [-0.4, -0.2) is 59.9 Å². The number of nitrogens with zero attached hydrogens (tertiary/aromatic N) is 2. The number of piperidine rings is 1. The SMILES string of the molecule is Cl.O=C(CN1C[C@@H]2CC[C@H](CC1=O)N2)N1CCC(Cc2ccc(F)cc2)CC1. The number of halogens is 2. The summed E-state index contributed by atoms with van der Waals surface area (Å²) in [6.45, 7) is 2.36. The molecule has 3 saturated heterocycles. The van der Waals surface area contributed by atoms with E-state index >= 15 is 0 Å². The predicted octanol–water partition coefficient (Wildman–Crippen LogP) is 2.38. The Labute approximate surface area is 172 Å². The van der Waals surface area contributed by atoms with E-state index in [-0.39, 0.29) is 36.6 Å². The van der Waals surface area contributed by atoms with Crippen molar-refractivity contribution in [2.24, 2.45) is 5.92 Å². The van der Waals surface area contributed by atoms with Crippen LogP contribution in [0.5, 0.6) is 0 Å². The molecule has 3 heterocycles. The molecule has 1 aromatic carbocycles. The van der Waals surface area contributed by atoms with Gasteiger partial charge in [0.05, 0.1) is 6.54 Å². The maximum absolute atomic E-state index is 13.0. The molecule has 0 aromatic heterocycles. The quantitative estimate of drug-likeness (QED) is 0.830. The number of fused-ring (bicyclic) bond motifs is 2. The fourth-order valence-electron chi connectivity index (χ4n) is 4.67. The molecule has 1 aromatic rings. The Bertz CT molecular complexity index is 691. The Kier molecular flexibility index (Phi) is 6.94. The smallest absolute Gasteiger partial charge is 0.242 e. The van der Waals surface area contributed by atoms with E-state index in [0.29, 0.717) is 31.0 Å². The van der Waals surface area contributed by atoms with Gasteiger partial charge in [0.1, 0.15) is 5.82 Å². The van der Waals surface area contributed by atoms with E-state index in [2.05, 4.69) is 5.32 Å². The Balaban J connectivity index is 0.00000225. The third kappa shape index (κ3) is 5.03. The molecular formula is C21H29ClFN3O2. The van der Waals surface area contributed by atoms with Crippen LogP contribution in [0.1, 0.15) is 37.7 Å². The first-order chi connectivity index (χ1) is 13.1. The third-order valence-electron chi connectivity index (χ3n) is 6.28. The van der Waals surface area contributed by atoms with Crippen molar-refractivity contribution < 1.29 is 14.0 Å². The van der Waals surface area contributed by atoms with Crippen molar-refractivity contribution in [3.63, 3.8) is 0 Å². The number of carbonyl (C=O) groups excluding carboxylic acids is 2. The van der Waals surface area contributed by atoms with Crippen molar-refractivity contribution in [3.8, 4) is 0 Å². The molecule has 3 fully saturated rings. The maximum Gasteiger partial charge on any atom is 0.242 e. The van der Waals surface area contributed by atoms with Crippen LogP contribution in [0, 0.1) is 11.7 Å². The van der Waals surface area contributed by atoms with Gasteiger partial charge >= 0.3 is 0 Å². The molecule has 0 unspecified atom stereocenters. The molecule has 2 atom stereocenters. The molecule has 1 N–H and O–H groups in total. The molecule has 5 nitrogen and oxygen atoms in total. The molecule has 2 bridgehead atoms. The van der Waals surface area contributed by atoms with Crippen molar-refractivity contribution in [2.45, 2.75) is 50.6 Å². The zero-order chi connectivity index (χ0) is 18.8. The normalized spacial score (nSPS) is 25.4. The van der Waals surface area contributed by atoms with Gasteiger partial charge < -0.3 is 15.1 Å². The fourth-order valence-corrected chi connectivity index (χ4v) is 4.67.